The minimum atomic E-state index is -4.45. The lowest BCUT2D eigenvalue weighted by molar-refractivity contribution is -0.188. The monoisotopic (exact) mass is 388 g/mol. The Morgan fingerprint density at radius 2 is 1.89 bits per heavy atom. The lowest BCUT2D eigenvalue weighted by Crippen LogP contribution is -2.23. The van der Waals surface area contributed by atoms with Crippen molar-refractivity contribution in [1.82, 2.24) is 19.8 Å². The third-order valence-corrected chi connectivity index (χ3v) is 5.06. The number of hydrogen-bond donors (Lipinski definition) is 0. The van der Waals surface area contributed by atoms with Crippen molar-refractivity contribution in [2.45, 2.75) is 31.2 Å². The molecule has 0 N–H and O–H groups in total. The molecule has 146 valence electrons. The second kappa shape index (κ2) is 6.72. The van der Waals surface area contributed by atoms with Gasteiger partial charge in [-0.05, 0) is 36.8 Å². The fourth-order valence-electron chi connectivity index (χ4n) is 3.56. The van der Waals surface area contributed by atoms with E-state index in [0.717, 1.165) is 23.6 Å². The van der Waals surface area contributed by atoms with E-state index >= 15 is 0 Å². The van der Waals surface area contributed by atoms with Gasteiger partial charge < -0.3 is 0 Å². The van der Waals surface area contributed by atoms with E-state index in [1.165, 1.54) is 10.9 Å². The highest BCUT2D eigenvalue weighted by Gasteiger charge is 2.42. The Kier molecular flexibility index (Phi) is 4.47. The Bertz CT molecular complexity index is 956. The third-order valence-electron chi connectivity index (χ3n) is 5.06. The summed E-state index contributed by atoms with van der Waals surface area (Å²) in [6, 6.07) is 12.2. The molecule has 0 unspecified atom stereocenters. The molecule has 1 saturated heterocycles. The molecule has 0 saturated carbocycles. The van der Waals surface area contributed by atoms with E-state index in [9.17, 15) is 13.2 Å². The van der Waals surface area contributed by atoms with Crippen molar-refractivity contribution in [1.29, 1.82) is 0 Å². The second-order valence-electron chi connectivity index (χ2n) is 7.06. The summed E-state index contributed by atoms with van der Waals surface area (Å²) in [5.74, 6) is 0. The highest BCUT2D eigenvalue weighted by molar-refractivity contribution is 5.36. The van der Waals surface area contributed by atoms with Crippen LogP contribution in [-0.4, -0.2) is 26.9 Å². The first-order valence-corrected chi connectivity index (χ1v) is 8.82. The van der Waals surface area contributed by atoms with Crippen LogP contribution in [0.2, 0.25) is 0 Å². The fraction of sp³-hybridized carbons (Fsp3) is 0.300. The van der Waals surface area contributed by atoms with Gasteiger partial charge in [0.2, 0.25) is 0 Å². The average Bonchev–Trinajstić information content (AvgIpc) is 3.28. The van der Waals surface area contributed by atoms with Crippen molar-refractivity contribution in [3.8, 4) is 5.69 Å². The number of alkyl halides is 3. The molecule has 1 fully saturated rings. The lowest BCUT2D eigenvalue weighted by atomic mass is 9.89. The summed E-state index contributed by atoms with van der Waals surface area (Å²) in [4.78, 5) is 10.3. The minimum absolute atomic E-state index is 0.0163. The van der Waals surface area contributed by atoms with Crippen molar-refractivity contribution in [2.75, 3.05) is 7.05 Å². The van der Waals surface area contributed by atoms with E-state index in [1.54, 1.807) is 24.5 Å². The predicted octanol–water partition coefficient (Wildman–Crippen LogP) is 4.51. The van der Waals surface area contributed by atoms with Gasteiger partial charge in [0.25, 0.3) is 0 Å². The molecule has 28 heavy (non-hydrogen) atoms. The SMILES string of the molecule is CN1O[C@@](C)(c2cccnc2)C[C@@H]1c1ccc(-n2ccc(C(F)(F)F)n2)cc1. The number of aromatic nitrogens is 3. The van der Waals surface area contributed by atoms with Gasteiger partial charge in [-0.15, -0.1) is 0 Å². The maximum atomic E-state index is 12.7. The maximum Gasteiger partial charge on any atom is 0.435 e. The molecular weight excluding hydrogens is 369 g/mol. The van der Waals surface area contributed by atoms with Crippen LogP contribution >= 0.6 is 0 Å². The summed E-state index contributed by atoms with van der Waals surface area (Å²) in [5, 5.41) is 5.42. The quantitative estimate of drug-likeness (QED) is 0.662. The number of pyridine rings is 1. The van der Waals surface area contributed by atoms with E-state index in [4.69, 9.17) is 4.84 Å². The molecule has 0 radical (unpaired) electrons. The number of hydroxylamine groups is 2. The van der Waals surface area contributed by atoms with Gasteiger partial charge in [0, 0.05) is 37.6 Å². The summed E-state index contributed by atoms with van der Waals surface area (Å²) in [7, 11) is 1.88. The maximum absolute atomic E-state index is 12.7. The number of halogens is 3. The lowest BCUT2D eigenvalue weighted by Gasteiger charge is -2.23. The highest BCUT2D eigenvalue weighted by atomic mass is 19.4. The van der Waals surface area contributed by atoms with E-state index in [-0.39, 0.29) is 6.04 Å². The number of rotatable bonds is 3. The van der Waals surface area contributed by atoms with Crippen LogP contribution in [0.4, 0.5) is 13.2 Å². The topological polar surface area (TPSA) is 43.2 Å². The van der Waals surface area contributed by atoms with E-state index in [2.05, 4.69) is 10.1 Å². The molecule has 2 aromatic heterocycles. The molecule has 0 bridgehead atoms. The van der Waals surface area contributed by atoms with Gasteiger partial charge in [0.1, 0.15) is 5.60 Å². The average molecular weight is 388 g/mol. The first-order valence-electron chi connectivity index (χ1n) is 8.82. The fourth-order valence-corrected chi connectivity index (χ4v) is 3.56. The van der Waals surface area contributed by atoms with E-state index < -0.39 is 17.5 Å². The Morgan fingerprint density at radius 1 is 1.14 bits per heavy atom. The Labute approximate surface area is 160 Å². The summed E-state index contributed by atoms with van der Waals surface area (Å²) < 4.78 is 39.4. The predicted molar refractivity (Wildman–Crippen MR) is 96.4 cm³/mol. The molecule has 5 nitrogen and oxygen atoms in total. The zero-order valence-corrected chi connectivity index (χ0v) is 15.4. The number of benzene rings is 1. The van der Waals surface area contributed by atoms with E-state index in [0.29, 0.717) is 5.69 Å². The van der Waals surface area contributed by atoms with Crippen LogP contribution in [0.5, 0.6) is 0 Å². The summed E-state index contributed by atoms with van der Waals surface area (Å²) in [6.07, 6.45) is 1.11. The molecule has 0 amide bonds. The third kappa shape index (κ3) is 3.41. The number of nitrogens with zero attached hydrogens (tertiary/aromatic N) is 4. The Hall–Kier alpha value is -2.71. The largest absolute Gasteiger partial charge is 0.435 e. The van der Waals surface area contributed by atoms with Gasteiger partial charge in [-0.1, -0.05) is 18.2 Å². The van der Waals surface area contributed by atoms with E-state index in [1.807, 2.05) is 43.3 Å². The first kappa shape index (κ1) is 18.6. The smallest absolute Gasteiger partial charge is 0.287 e. The van der Waals surface area contributed by atoms with Crippen LogP contribution in [0.15, 0.2) is 61.1 Å². The van der Waals surface area contributed by atoms with Crippen LogP contribution in [0.3, 0.4) is 0 Å². The van der Waals surface area contributed by atoms with Crippen molar-refractivity contribution >= 4 is 0 Å². The first-order chi connectivity index (χ1) is 13.3. The zero-order valence-electron chi connectivity index (χ0n) is 15.4. The summed E-state index contributed by atoms with van der Waals surface area (Å²) in [6.45, 7) is 2.03. The normalized spacial score (nSPS) is 23.2. The molecule has 8 heteroatoms. The van der Waals surface area contributed by atoms with Gasteiger partial charge in [-0.2, -0.15) is 23.3 Å². The Balaban J connectivity index is 1.55. The highest BCUT2D eigenvalue weighted by Crippen LogP contribution is 2.45. The molecule has 1 aromatic carbocycles. The van der Waals surface area contributed by atoms with Gasteiger partial charge in [-0.25, -0.2) is 4.68 Å². The number of hydrogen-bond acceptors (Lipinski definition) is 4. The van der Waals surface area contributed by atoms with Crippen molar-refractivity contribution in [3.05, 3.63) is 77.9 Å². The van der Waals surface area contributed by atoms with Crippen LogP contribution in [-0.2, 0) is 16.6 Å². The molecule has 3 heterocycles. The molecule has 4 rings (SSSR count). The van der Waals surface area contributed by atoms with Crippen molar-refractivity contribution in [2.24, 2.45) is 0 Å². The van der Waals surface area contributed by atoms with Crippen LogP contribution in [0, 0.1) is 0 Å². The minimum Gasteiger partial charge on any atom is -0.287 e. The van der Waals surface area contributed by atoms with Gasteiger partial charge in [-0.3, -0.25) is 9.82 Å². The molecule has 2 atom stereocenters. The Morgan fingerprint density at radius 3 is 2.50 bits per heavy atom. The molecule has 1 aliphatic heterocycles. The molecule has 0 spiro atoms. The summed E-state index contributed by atoms with van der Waals surface area (Å²) >= 11 is 0. The summed E-state index contributed by atoms with van der Waals surface area (Å²) in [5.41, 5.74) is 1.18. The van der Waals surface area contributed by atoms with Crippen molar-refractivity contribution < 1.29 is 18.0 Å². The van der Waals surface area contributed by atoms with Crippen molar-refractivity contribution in [3.63, 3.8) is 0 Å². The second-order valence-corrected chi connectivity index (χ2v) is 7.06. The molecule has 3 aromatic rings. The van der Waals surface area contributed by atoms with Crippen LogP contribution in [0.1, 0.15) is 36.2 Å². The van der Waals surface area contributed by atoms with Crippen LogP contribution < -0.4 is 0 Å². The van der Waals surface area contributed by atoms with Crippen LogP contribution in [0.25, 0.3) is 5.69 Å². The molecule has 1 aliphatic rings. The standard InChI is InChI=1S/C20H19F3N4O/c1-19(15-4-3-10-24-13-15)12-17(26(2)28-19)14-5-7-16(8-6-14)27-11-9-18(25-27)20(21,22)23/h3-11,13,17H,12H2,1-2H3/t17-,19-/m1/s1. The zero-order chi connectivity index (χ0) is 19.9. The molecular formula is C20H19F3N4O. The molecule has 0 aliphatic carbocycles. The van der Waals surface area contributed by atoms with Gasteiger partial charge in [0.05, 0.1) is 11.7 Å². The van der Waals surface area contributed by atoms with Gasteiger partial charge >= 0.3 is 6.18 Å². The van der Waals surface area contributed by atoms with Gasteiger partial charge in [0.15, 0.2) is 5.69 Å².